The highest BCUT2D eigenvalue weighted by atomic mass is 16.7. The van der Waals surface area contributed by atoms with E-state index in [1.165, 1.54) is 24.6 Å². The van der Waals surface area contributed by atoms with Crippen LogP contribution in [-0.2, 0) is 9.53 Å². The lowest BCUT2D eigenvalue weighted by molar-refractivity contribution is -0.303. The van der Waals surface area contributed by atoms with Crippen LogP contribution < -0.4 is 18.9 Å². The number of carboxylic acids is 1. The number of carbonyl (C=O) groups is 1. The Kier molecular flexibility index (Phi) is 9.56. The van der Waals surface area contributed by atoms with Crippen molar-refractivity contribution in [3.05, 3.63) is 59.7 Å². The average molecular weight is 697 g/mol. The van der Waals surface area contributed by atoms with Crippen molar-refractivity contribution in [3.63, 3.8) is 0 Å². The van der Waals surface area contributed by atoms with Gasteiger partial charge in [0.15, 0.2) is 24.4 Å². The number of phenols is 1. The largest absolute Gasteiger partial charge is 0.507 e. The van der Waals surface area contributed by atoms with E-state index in [1.54, 1.807) is 24.3 Å². The van der Waals surface area contributed by atoms with Gasteiger partial charge in [-0.25, -0.2) is 14.8 Å². The summed E-state index contributed by atoms with van der Waals surface area (Å²) in [6, 6.07) is 7.54. The monoisotopic (exact) mass is 696 g/mol. The van der Waals surface area contributed by atoms with Gasteiger partial charge in [-0.3, -0.25) is 10.4 Å². The van der Waals surface area contributed by atoms with Crippen LogP contribution in [0, 0.1) is 5.41 Å². The van der Waals surface area contributed by atoms with Gasteiger partial charge in [0.25, 0.3) is 0 Å². The third-order valence-electron chi connectivity index (χ3n) is 8.22. The van der Waals surface area contributed by atoms with Gasteiger partial charge in [0.1, 0.15) is 71.6 Å². The number of carboxylic acid groups (broad SMARTS) is 1. The summed E-state index contributed by atoms with van der Waals surface area (Å²) in [7, 11) is 0. The minimum atomic E-state index is -2.54. The van der Waals surface area contributed by atoms with E-state index in [0.29, 0.717) is 17.0 Å². The molecular formula is C32H32N4O14. The van der Waals surface area contributed by atoms with Crippen LogP contribution in [0.3, 0.4) is 0 Å². The summed E-state index contributed by atoms with van der Waals surface area (Å²) >= 11 is 0. The third kappa shape index (κ3) is 6.62. The molecule has 1 fully saturated rings. The summed E-state index contributed by atoms with van der Waals surface area (Å²) in [5.74, 6) is -3.65. The first-order valence-electron chi connectivity index (χ1n) is 15.0. The van der Waals surface area contributed by atoms with Crippen LogP contribution in [0.1, 0.15) is 23.7 Å². The summed E-state index contributed by atoms with van der Waals surface area (Å²) in [5.41, 5.74) is -1.73. The maximum atomic E-state index is 12.2. The van der Waals surface area contributed by atoms with E-state index >= 15 is 0 Å². The Bertz CT molecular complexity index is 1820. The summed E-state index contributed by atoms with van der Waals surface area (Å²) in [6.07, 6.45) is -5.32. The average Bonchev–Trinajstić information content (AvgIpc) is 3.77. The molecule has 0 bridgehead atoms. The van der Waals surface area contributed by atoms with E-state index in [1.807, 2.05) is 0 Å². The number of nitrogens with zero attached hydrogens (tertiary/aromatic N) is 3. The normalized spacial score (nSPS) is 27.5. The minimum Gasteiger partial charge on any atom is -0.507 e. The summed E-state index contributed by atoms with van der Waals surface area (Å²) in [6.45, 7) is -1.08. The van der Waals surface area contributed by atoms with Gasteiger partial charge in [0.05, 0.1) is 12.3 Å². The Morgan fingerprint density at radius 2 is 1.90 bits per heavy atom. The lowest BCUT2D eigenvalue weighted by Crippen LogP contribution is -2.69. The number of hydrogen-bond donors (Lipinski definition) is 9. The predicted molar refractivity (Wildman–Crippen MR) is 171 cm³/mol. The first-order chi connectivity index (χ1) is 23.9. The van der Waals surface area contributed by atoms with Gasteiger partial charge in [-0.05, 0) is 29.8 Å². The molecule has 0 saturated carbocycles. The quantitative estimate of drug-likeness (QED) is 0.132. The predicted octanol–water partition coefficient (Wildman–Crippen LogP) is -0.00463. The van der Waals surface area contributed by atoms with Crippen LogP contribution in [0.4, 0.5) is 0 Å². The molecule has 6 rings (SSSR count). The molecule has 0 aromatic heterocycles. The molecule has 4 aliphatic rings. The van der Waals surface area contributed by atoms with Crippen molar-refractivity contribution in [2.45, 2.75) is 48.8 Å². The van der Waals surface area contributed by atoms with Crippen molar-refractivity contribution in [2.75, 3.05) is 19.9 Å². The molecule has 50 heavy (non-hydrogen) atoms. The molecule has 0 spiro atoms. The number of benzene rings is 2. The fourth-order valence-electron chi connectivity index (χ4n) is 5.74. The van der Waals surface area contributed by atoms with E-state index in [-0.39, 0.29) is 36.0 Å². The van der Waals surface area contributed by atoms with Crippen molar-refractivity contribution in [2.24, 2.45) is 15.0 Å². The van der Waals surface area contributed by atoms with Crippen LogP contribution in [0.5, 0.6) is 28.7 Å². The zero-order valence-corrected chi connectivity index (χ0v) is 25.9. The molecule has 1 saturated heterocycles. The molecule has 4 heterocycles. The van der Waals surface area contributed by atoms with Crippen LogP contribution in [-0.4, -0.2) is 127 Å². The summed E-state index contributed by atoms with van der Waals surface area (Å²) in [5, 5.41) is 92.2. The lowest BCUT2D eigenvalue weighted by atomic mass is 9.80. The lowest BCUT2D eigenvalue weighted by Gasteiger charge is -2.46. The van der Waals surface area contributed by atoms with E-state index in [9.17, 15) is 45.6 Å². The fraction of sp³-hybridized carbons (Fsp3) is 0.344. The highest BCUT2D eigenvalue weighted by Crippen LogP contribution is 2.51. The molecule has 264 valence electrons. The molecule has 0 radical (unpaired) electrons. The van der Waals surface area contributed by atoms with Crippen molar-refractivity contribution >= 4 is 35.3 Å². The fourth-order valence-corrected chi connectivity index (χ4v) is 5.74. The number of aliphatic carboxylic acids is 1. The highest BCUT2D eigenvalue weighted by molar-refractivity contribution is 6.15. The van der Waals surface area contributed by atoms with Gasteiger partial charge in [-0.15, -0.1) is 0 Å². The molecule has 1 unspecified atom stereocenters. The van der Waals surface area contributed by atoms with Crippen LogP contribution in [0.15, 0.2) is 63.5 Å². The van der Waals surface area contributed by atoms with E-state index < -0.39 is 84.6 Å². The number of hydrogen-bond acceptors (Lipinski definition) is 16. The number of ether oxygens (including phenoxy) is 5. The van der Waals surface area contributed by atoms with Gasteiger partial charge in [0.2, 0.25) is 12.0 Å². The Morgan fingerprint density at radius 1 is 1.14 bits per heavy atom. The van der Waals surface area contributed by atoms with Crippen molar-refractivity contribution in [1.29, 1.82) is 5.41 Å². The molecule has 18 heteroatoms. The van der Waals surface area contributed by atoms with Gasteiger partial charge in [0, 0.05) is 24.3 Å². The molecule has 4 aliphatic heterocycles. The first kappa shape index (κ1) is 34.5. The third-order valence-corrected chi connectivity index (χ3v) is 8.22. The van der Waals surface area contributed by atoms with Crippen LogP contribution in [0.25, 0.3) is 5.76 Å². The maximum Gasteiger partial charge on any atom is 0.336 e. The molecule has 9 N–H and O–H groups in total. The van der Waals surface area contributed by atoms with Gasteiger partial charge in [-0.1, -0.05) is 12.1 Å². The number of aliphatic imine (C=N–C) groups is 3. The summed E-state index contributed by atoms with van der Waals surface area (Å²) < 4.78 is 27.9. The highest BCUT2D eigenvalue weighted by Gasteiger charge is 2.59. The second-order valence-corrected chi connectivity index (χ2v) is 11.5. The standard InChI is InChI=1S/C32H32N4O14/c33-23-6-5-17(36-23)19(39)11-46-16-3-1-14(2-4-16)20-7-18(38)24-21(48-20)8-22(27(25(24)40)47-13-37)49-31-26(41)28(42)32(45,29(50-31)30(43)44)9-15-10-34-12-35-15/h1-8,12,19-20,26,28-29,31,33,37-42,45H,9-11,13H2,(H,43,44)/t19-,20?,26+,28-,29+,31+,32-/m0/s1. The molecular weight excluding hydrogens is 664 g/mol. The number of nitrogens with one attached hydrogen (secondary N) is 1. The number of phenolic OH excluding ortho intramolecular Hbond substituents is 1. The van der Waals surface area contributed by atoms with E-state index in [4.69, 9.17) is 29.1 Å². The van der Waals surface area contributed by atoms with Crippen molar-refractivity contribution in [3.8, 4) is 28.7 Å². The number of fused-ring (bicyclic) bond motifs is 1. The first-order valence-corrected chi connectivity index (χ1v) is 15.0. The molecule has 7 atom stereocenters. The number of aliphatic hydroxyl groups excluding tert-OH is 5. The van der Waals surface area contributed by atoms with Crippen LogP contribution in [0.2, 0.25) is 0 Å². The maximum absolute atomic E-state index is 12.2. The van der Waals surface area contributed by atoms with Gasteiger partial charge >= 0.3 is 5.97 Å². The minimum absolute atomic E-state index is 0.0263. The smallest absolute Gasteiger partial charge is 0.336 e. The number of amidine groups is 1. The molecule has 0 amide bonds. The number of aliphatic hydroxyl groups is 6. The second-order valence-electron chi connectivity index (χ2n) is 11.5. The van der Waals surface area contributed by atoms with Gasteiger partial charge < -0.3 is 64.5 Å². The second kappa shape index (κ2) is 13.9. The Labute approximate surface area is 282 Å². The van der Waals surface area contributed by atoms with E-state index in [0.717, 1.165) is 6.07 Å². The topological polar surface area (TPSA) is 286 Å². The van der Waals surface area contributed by atoms with Gasteiger partial charge in [-0.2, -0.15) is 0 Å². The van der Waals surface area contributed by atoms with Crippen LogP contribution >= 0.6 is 0 Å². The number of aromatic hydroxyl groups is 1. The SMILES string of the molecule is N=C1C=CC([C@@H](O)COc2ccc(C3C=C(O)c4c(cc(O[C@@H]5O[C@H](C(=O)O)[C@](O)(CC6=NC=NC6)[C@@H](O)[C@H]5O)c(OCO)c4O)O3)cc2)=N1. The molecule has 2 aromatic rings. The Morgan fingerprint density at radius 3 is 2.54 bits per heavy atom. The molecule has 0 aliphatic carbocycles. The molecule has 18 nitrogen and oxygen atoms in total. The zero-order chi connectivity index (χ0) is 35.7. The Hall–Kier alpha value is -5.37. The molecule has 2 aromatic carbocycles. The zero-order valence-electron chi connectivity index (χ0n) is 25.9. The number of rotatable bonds is 12. The van der Waals surface area contributed by atoms with E-state index in [2.05, 4.69) is 15.0 Å². The Balaban J connectivity index is 1.22. The van der Waals surface area contributed by atoms with Crippen molar-refractivity contribution in [1.82, 2.24) is 0 Å². The summed E-state index contributed by atoms with van der Waals surface area (Å²) in [4.78, 5) is 23.9. The van der Waals surface area contributed by atoms with Crippen molar-refractivity contribution < 1.29 is 69.3 Å².